The number of carboxylic acid groups (broad SMARTS) is 1. The van der Waals surface area contributed by atoms with E-state index in [1.807, 2.05) is 0 Å². The molecule has 0 aromatic heterocycles. The van der Waals surface area contributed by atoms with Crippen molar-refractivity contribution in [1.29, 1.82) is 0 Å². The number of rotatable bonds is 7. The highest BCUT2D eigenvalue weighted by molar-refractivity contribution is 7.90. The van der Waals surface area contributed by atoms with Crippen molar-refractivity contribution in [2.45, 2.75) is 68.3 Å². The molecule has 0 aliphatic carbocycles. The topological polar surface area (TPSA) is 143 Å². The summed E-state index contributed by atoms with van der Waals surface area (Å²) in [6, 6.07) is 5.62. The summed E-state index contributed by atoms with van der Waals surface area (Å²) >= 11 is 0. The smallest absolute Gasteiger partial charge is 0.410 e. The van der Waals surface area contributed by atoms with Crippen molar-refractivity contribution in [1.82, 2.24) is 9.80 Å². The lowest BCUT2D eigenvalue weighted by molar-refractivity contribution is -0.0407. The van der Waals surface area contributed by atoms with E-state index >= 15 is 0 Å². The number of hydrogen-bond donors (Lipinski definition) is 2. The predicted octanol–water partition coefficient (Wildman–Crippen LogP) is 2.37. The van der Waals surface area contributed by atoms with E-state index in [4.69, 9.17) is 14.2 Å². The van der Waals surface area contributed by atoms with Crippen LogP contribution in [0.25, 0.3) is 0 Å². The van der Waals surface area contributed by atoms with Gasteiger partial charge in [0.25, 0.3) is 0 Å². The summed E-state index contributed by atoms with van der Waals surface area (Å²) in [5, 5.41) is 19.9. The molecule has 1 aromatic carbocycles. The molecule has 0 saturated carbocycles. The maximum absolute atomic E-state index is 13.1. The Bertz CT molecular complexity index is 1050. The van der Waals surface area contributed by atoms with Crippen LogP contribution < -0.4 is 4.74 Å². The summed E-state index contributed by atoms with van der Waals surface area (Å²) < 4.78 is 40.8. The number of carbonyl (C=O) groups excluding carboxylic acids is 1. The Balaban J connectivity index is 1.66. The summed E-state index contributed by atoms with van der Waals surface area (Å²) in [6.07, 6.45) is 0.0327. The van der Waals surface area contributed by atoms with Crippen LogP contribution >= 0.6 is 0 Å². The lowest BCUT2D eigenvalue weighted by atomic mass is 9.87. The number of nitrogens with zero attached hydrogens (tertiary/aromatic N) is 2. The van der Waals surface area contributed by atoms with Gasteiger partial charge in [-0.25, -0.2) is 18.0 Å². The van der Waals surface area contributed by atoms with Gasteiger partial charge in [-0.3, -0.25) is 0 Å². The van der Waals surface area contributed by atoms with Crippen LogP contribution in [0.4, 0.5) is 9.59 Å². The van der Waals surface area contributed by atoms with Crippen LogP contribution in [0, 0.1) is 0 Å². The van der Waals surface area contributed by atoms with Gasteiger partial charge in [0.15, 0.2) is 9.84 Å². The zero-order chi connectivity index (χ0) is 26.7. The Morgan fingerprint density at radius 2 is 1.94 bits per heavy atom. The van der Waals surface area contributed by atoms with Gasteiger partial charge >= 0.3 is 12.2 Å². The number of amides is 2. The van der Waals surface area contributed by atoms with Gasteiger partial charge in [0, 0.05) is 19.3 Å². The van der Waals surface area contributed by atoms with Crippen molar-refractivity contribution in [3.05, 3.63) is 24.3 Å². The molecule has 0 radical (unpaired) electrons. The summed E-state index contributed by atoms with van der Waals surface area (Å²) in [4.78, 5) is 27.2. The Morgan fingerprint density at radius 3 is 2.53 bits per heavy atom. The summed E-state index contributed by atoms with van der Waals surface area (Å²) in [7, 11) is -3.41. The van der Waals surface area contributed by atoms with Crippen LogP contribution in [-0.2, 0) is 19.3 Å². The van der Waals surface area contributed by atoms with Crippen LogP contribution in [0.3, 0.4) is 0 Å². The molecule has 1 unspecified atom stereocenters. The number of aliphatic hydroxyl groups is 1. The minimum atomic E-state index is -3.41. The minimum absolute atomic E-state index is 0.0773. The van der Waals surface area contributed by atoms with Crippen molar-refractivity contribution in [3.8, 4) is 5.75 Å². The van der Waals surface area contributed by atoms with Gasteiger partial charge in [-0.1, -0.05) is 6.07 Å². The monoisotopic (exact) mass is 528 g/mol. The number of sulfone groups is 1. The van der Waals surface area contributed by atoms with Gasteiger partial charge in [0.05, 0.1) is 29.7 Å². The summed E-state index contributed by atoms with van der Waals surface area (Å²) in [5.41, 5.74) is -1.27. The molecule has 2 aliphatic heterocycles. The van der Waals surface area contributed by atoms with Crippen molar-refractivity contribution in [3.63, 3.8) is 0 Å². The molecule has 2 aliphatic rings. The first-order chi connectivity index (χ1) is 16.7. The van der Waals surface area contributed by atoms with Gasteiger partial charge in [0.2, 0.25) is 0 Å². The molecule has 36 heavy (non-hydrogen) atoms. The Hall–Kier alpha value is -2.57. The van der Waals surface area contributed by atoms with Crippen molar-refractivity contribution >= 4 is 22.0 Å². The second-order valence-corrected chi connectivity index (χ2v) is 12.5. The maximum Gasteiger partial charge on any atom is 0.410 e. The predicted molar refractivity (Wildman–Crippen MR) is 130 cm³/mol. The Morgan fingerprint density at radius 1 is 1.28 bits per heavy atom. The van der Waals surface area contributed by atoms with E-state index in [9.17, 15) is 28.2 Å². The second kappa shape index (κ2) is 10.8. The number of benzene rings is 1. The highest BCUT2D eigenvalue weighted by Crippen LogP contribution is 2.38. The third-order valence-corrected chi connectivity index (χ3v) is 7.40. The van der Waals surface area contributed by atoms with Crippen LogP contribution in [0.2, 0.25) is 0 Å². The van der Waals surface area contributed by atoms with E-state index in [2.05, 4.69) is 0 Å². The first-order valence-corrected chi connectivity index (χ1v) is 13.8. The number of aliphatic hydroxyl groups excluding tert-OH is 1. The Kier molecular flexibility index (Phi) is 8.41. The molecule has 12 heteroatoms. The summed E-state index contributed by atoms with van der Waals surface area (Å²) in [5.74, 6) is 0.286. The third kappa shape index (κ3) is 7.47. The molecule has 2 N–H and O–H groups in total. The van der Waals surface area contributed by atoms with E-state index in [1.54, 1.807) is 32.9 Å². The lowest BCUT2D eigenvalue weighted by Crippen LogP contribution is -2.50. The van der Waals surface area contributed by atoms with Crippen LogP contribution in [0.5, 0.6) is 5.75 Å². The van der Waals surface area contributed by atoms with Crippen molar-refractivity contribution in [2.75, 3.05) is 39.1 Å². The quantitative estimate of drug-likeness (QED) is 0.545. The molecule has 2 saturated heterocycles. The van der Waals surface area contributed by atoms with Gasteiger partial charge in [-0.2, -0.15) is 0 Å². The van der Waals surface area contributed by atoms with E-state index in [0.29, 0.717) is 32.4 Å². The number of ether oxygens (including phenoxy) is 3. The minimum Gasteiger partial charge on any atom is -0.491 e. The molecule has 11 nitrogen and oxygen atoms in total. The zero-order valence-electron chi connectivity index (χ0n) is 21.2. The number of hydrogen-bond acceptors (Lipinski definition) is 8. The highest BCUT2D eigenvalue weighted by atomic mass is 32.2. The fourth-order valence-corrected chi connectivity index (χ4v) is 5.09. The first kappa shape index (κ1) is 28.0. The van der Waals surface area contributed by atoms with Gasteiger partial charge in [-0.15, -0.1) is 0 Å². The average molecular weight is 529 g/mol. The standard InChI is InChI=1S/C24H36N2O9S/c1-23(2,3)35-22(30)26(17-13-24(34-15-17)8-10-25(11-9-24)21(28)29)14-18(27)16-33-19-6-5-7-20(12-19)36(4,31)32/h5-7,12,17-18,27H,8-11,13-16H2,1-4H3,(H,28,29)/t17?,18-/m0/s1. The number of piperidine rings is 1. The van der Waals surface area contributed by atoms with E-state index in [1.165, 1.54) is 21.9 Å². The van der Waals surface area contributed by atoms with E-state index in [0.717, 1.165) is 6.26 Å². The molecule has 202 valence electrons. The maximum atomic E-state index is 13.1. The normalized spacial score (nSPS) is 20.7. The molecular formula is C24H36N2O9S. The SMILES string of the molecule is CC(C)(C)OC(=O)N(C[C@H](O)COc1cccc(S(C)(=O)=O)c1)C1COC2(CCN(C(=O)O)CC2)C1. The van der Waals surface area contributed by atoms with Crippen molar-refractivity contribution in [2.24, 2.45) is 0 Å². The molecule has 3 rings (SSSR count). The van der Waals surface area contributed by atoms with Crippen LogP contribution in [0.1, 0.15) is 40.0 Å². The van der Waals surface area contributed by atoms with E-state index in [-0.39, 0.29) is 36.4 Å². The van der Waals surface area contributed by atoms with E-state index < -0.39 is 39.3 Å². The van der Waals surface area contributed by atoms with Crippen LogP contribution in [0.15, 0.2) is 29.2 Å². The third-order valence-electron chi connectivity index (χ3n) is 6.29. The van der Waals surface area contributed by atoms with Crippen molar-refractivity contribution < 1.29 is 42.4 Å². The molecule has 2 atom stereocenters. The van der Waals surface area contributed by atoms with Crippen LogP contribution in [-0.4, -0.2) is 103 Å². The summed E-state index contributed by atoms with van der Waals surface area (Å²) in [6.45, 7) is 5.99. The molecule has 1 spiro atoms. The lowest BCUT2D eigenvalue weighted by Gasteiger charge is -2.38. The largest absolute Gasteiger partial charge is 0.491 e. The number of likely N-dealkylation sites (tertiary alicyclic amines) is 1. The Labute approximate surface area is 211 Å². The molecular weight excluding hydrogens is 492 g/mol. The molecule has 1 aromatic rings. The average Bonchev–Trinajstić information content (AvgIpc) is 3.17. The molecule has 0 bridgehead atoms. The first-order valence-electron chi connectivity index (χ1n) is 11.9. The fraction of sp³-hybridized carbons (Fsp3) is 0.667. The molecule has 2 amide bonds. The molecule has 2 heterocycles. The zero-order valence-corrected chi connectivity index (χ0v) is 22.0. The second-order valence-electron chi connectivity index (χ2n) is 10.5. The fourth-order valence-electron chi connectivity index (χ4n) is 4.43. The molecule has 2 fully saturated rings. The number of carbonyl (C=O) groups is 2. The van der Waals surface area contributed by atoms with Gasteiger partial charge in [0.1, 0.15) is 24.1 Å². The van der Waals surface area contributed by atoms with Gasteiger partial charge in [-0.05, 0) is 58.2 Å². The highest BCUT2D eigenvalue weighted by Gasteiger charge is 2.46. The van der Waals surface area contributed by atoms with Gasteiger partial charge < -0.3 is 34.2 Å².